The number of hydrogen-bond acceptors (Lipinski definition) is 11. The fraction of sp³-hybridized carbons (Fsp3) is 0.0909. The lowest BCUT2D eigenvalue weighted by molar-refractivity contribution is 0.585. The van der Waals surface area contributed by atoms with Gasteiger partial charge in [0, 0.05) is 30.9 Å². The van der Waals surface area contributed by atoms with Crippen LogP contribution in [0.25, 0.3) is 0 Å². The Bertz CT molecular complexity index is 1280. The molecule has 5 heterocycles. The smallest absolute Gasteiger partial charge is 0.269 e. The van der Waals surface area contributed by atoms with Crippen LogP contribution in [0.4, 0.5) is 10.1 Å². The van der Waals surface area contributed by atoms with E-state index in [-0.39, 0.29) is 21.8 Å². The summed E-state index contributed by atoms with van der Waals surface area (Å²) in [6, 6.07) is 4.77. The molecular weight excluding hydrogens is 540 g/mol. The van der Waals surface area contributed by atoms with Crippen LogP contribution < -0.4 is 16.9 Å². The minimum atomic E-state index is -0.667. The van der Waals surface area contributed by atoms with Gasteiger partial charge in [-0.3, -0.25) is 9.59 Å². The van der Waals surface area contributed by atoms with Crippen LogP contribution in [0.5, 0.6) is 0 Å². The van der Waals surface area contributed by atoms with Gasteiger partial charge in [0.1, 0.15) is 34.8 Å². The molecule has 0 saturated carbocycles. The van der Waals surface area contributed by atoms with E-state index >= 15 is 0 Å². The highest BCUT2D eigenvalue weighted by atomic mass is 35.5. The molecule has 0 aliphatic rings. The normalized spacial score (nSPS) is 8.45. The molecule has 0 saturated heterocycles. The fourth-order valence-corrected chi connectivity index (χ4v) is 1.69. The highest BCUT2D eigenvalue weighted by Crippen LogP contribution is 1.99. The van der Waals surface area contributed by atoms with Crippen molar-refractivity contribution in [2.24, 2.45) is 0 Å². The molecule has 5 aromatic rings. The summed E-state index contributed by atoms with van der Waals surface area (Å²) >= 11 is 10.7. The van der Waals surface area contributed by atoms with Gasteiger partial charge in [-0.2, -0.15) is 4.39 Å². The number of aromatic nitrogens is 10. The number of nitrogens with one attached hydrogen (secondary N) is 2. The second-order valence-electron chi connectivity index (χ2n) is 5.54. The van der Waals surface area contributed by atoms with Gasteiger partial charge in [-0.1, -0.05) is 37.0 Å². The summed E-state index contributed by atoms with van der Waals surface area (Å²) in [5, 5.41) is 0.600. The Hall–Kier alpha value is -4.69. The molecule has 13 nitrogen and oxygen atoms in total. The molecule has 4 N–H and O–H groups in total. The molecule has 0 atom stereocenters. The van der Waals surface area contributed by atoms with Gasteiger partial charge in [0.25, 0.3) is 11.1 Å². The zero-order valence-corrected chi connectivity index (χ0v) is 21.7. The zero-order valence-electron chi connectivity index (χ0n) is 20.2. The van der Waals surface area contributed by atoms with Crippen molar-refractivity contribution in [1.29, 1.82) is 0 Å². The molecule has 5 rings (SSSR count). The predicted octanol–water partition coefficient (Wildman–Crippen LogP) is 3.02. The highest BCUT2D eigenvalue weighted by Gasteiger charge is 1.92. The number of H-pyrrole nitrogens is 2. The van der Waals surface area contributed by atoms with Crippen LogP contribution in [0.3, 0.4) is 0 Å². The van der Waals surface area contributed by atoms with Gasteiger partial charge in [0.2, 0.25) is 5.95 Å². The average Bonchev–Trinajstić information content (AvgIpc) is 2.96. The average molecular weight is 564 g/mol. The van der Waals surface area contributed by atoms with Crippen LogP contribution in [-0.4, -0.2) is 49.8 Å². The van der Waals surface area contributed by atoms with Gasteiger partial charge in [0.15, 0.2) is 0 Å². The molecule has 0 fully saturated rings. The molecule has 0 aliphatic carbocycles. The number of hydrogen-bond donors (Lipinski definition) is 3. The molecule has 0 aromatic carbocycles. The maximum Gasteiger partial charge on any atom is 0.269 e. The molecule has 0 bridgehead atoms. The lowest BCUT2D eigenvalue weighted by Crippen LogP contribution is -2.04. The van der Waals surface area contributed by atoms with E-state index in [0.29, 0.717) is 5.15 Å². The van der Waals surface area contributed by atoms with Gasteiger partial charge in [-0.15, -0.1) is 0 Å². The number of nitrogens with zero attached hydrogens (tertiary/aromatic N) is 8. The quantitative estimate of drug-likeness (QED) is 0.234. The van der Waals surface area contributed by atoms with Crippen molar-refractivity contribution in [2.45, 2.75) is 13.8 Å². The van der Waals surface area contributed by atoms with Crippen molar-refractivity contribution in [3.05, 3.63) is 124 Å². The lowest BCUT2D eigenvalue weighted by atomic mass is 10.6. The number of nitrogens with two attached hydrogens (primary N) is 1. The highest BCUT2D eigenvalue weighted by molar-refractivity contribution is 6.30. The molecule has 5 aromatic heterocycles. The summed E-state index contributed by atoms with van der Waals surface area (Å²) in [4.78, 5) is 53.7. The van der Waals surface area contributed by atoms with E-state index < -0.39 is 5.95 Å². The first-order valence-corrected chi connectivity index (χ1v) is 11.1. The van der Waals surface area contributed by atoms with Gasteiger partial charge in [-0.25, -0.2) is 39.9 Å². The Balaban J connectivity index is 0.000000444. The summed E-state index contributed by atoms with van der Waals surface area (Å²) < 4.78 is 12.0. The van der Waals surface area contributed by atoms with Crippen LogP contribution >= 0.6 is 23.2 Å². The molecule has 38 heavy (non-hydrogen) atoms. The molecule has 0 radical (unpaired) electrons. The monoisotopic (exact) mass is 563 g/mol. The minimum absolute atomic E-state index is 0.0208. The number of nitrogen functional groups attached to an aromatic ring is 1. The number of halogens is 3. The summed E-state index contributed by atoms with van der Waals surface area (Å²) in [5.41, 5.74) is 4.58. The Morgan fingerprint density at radius 2 is 1.39 bits per heavy atom. The second kappa shape index (κ2) is 22.8. The van der Waals surface area contributed by atoms with Crippen molar-refractivity contribution in [1.82, 2.24) is 49.8 Å². The van der Waals surface area contributed by atoms with E-state index in [1.165, 1.54) is 50.0 Å². The Labute approximate surface area is 226 Å². The van der Waals surface area contributed by atoms with Gasteiger partial charge >= 0.3 is 0 Å². The zero-order chi connectivity index (χ0) is 28.4. The summed E-state index contributed by atoms with van der Waals surface area (Å²) in [6.45, 7) is 4.00. The third-order valence-corrected chi connectivity index (χ3v) is 3.47. The Morgan fingerprint density at radius 1 is 0.763 bits per heavy atom. The molecule has 200 valence electrons. The van der Waals surface area contributed by atoms with Crippen LogP contribution in [0.1, 0.15) is 13.8 Å². The Kier molecular flexibility index (Phi) is 19.9. The number of anilines is 1. The first-order valence-electron chi connectivity index (χ1n) is 10.4. The molecule has 16 heteroatoms. The first kappa shape index (κ1) is 33.3. The van der Waals surface area contributed by atoms with Crippen LogP contribution in [0.2, 0.25) is 10.2 Å². The van der Waals surface area contributed by atoms with E-state index in [1.807, 2.05) is 13.8 Å². The van der Waals surface area contributed by atoms with Crippen LogP contribution in [0, 0.1) is 5.95 Å². The van der Waals surface area contributed by atoms with Crippen molar-refractivity contribution in [3.63, 3.8) is 0 Å². The maximum atomic E-state index is 12.0. The SMILES string of the molecule is CC.Clc1ccncn1.Nc1cncnc1F.O=c1[nH]cncc1Cl.O=c1ccnc[nH]1.c1cncnc1. The van der Waals surface area contributed by atoms with Gasteiger partial charge in [0.05, 0.1) is 25.0 Å². The van der Waals surface area contributed by atoms with Crippen molar-refractivity contribution in [2.75, 3.05) is 5.73 Å². The largest absolute Gasteiger partial charge is 0.394 e. The first-order chi connectivity index (χ1) is 18.4. The standard InChI is InChI=1S/C4H3ClN2O.C4H3ClN2.C4H4FN3.C4H4N2O.C4H4N2.C2H6/c5-3-1-6-2-7-4(3)8;5-4-1-2-6-3-7-4;5-4-3(6)1-7-2-8-4;7-4-1-2-5-3-6-4;1-2-5-4-6-3-1;1-2/h1-2H,(H,6,7,8);1-3H;1-2H,6H2;1-3H,(H,5,6,7);1-4H;1-2H3. The van der Waals surface area contributed by atoms with E-state index in [9.17, 15) is 14.0 Å². The van der Waals surface area contributed by atoms with E-state index in [0.717, 1.165) is 6.33 Å². The third kappa shape index (κ3) is 18.6. The minimum Gasteiger partial charge on any atom is -0.394 e. The van der Waals surface area contributed by atoms with Gasteiger partial charge < -0.3 is 15.7 Å². The summed E-state index contributed by atoms with van der Waals surface area (Å²) in [6.07, 6.45) is 15.6. The van der Waals surface area contributed by atoms with E-state index in [1.54, 1.807) is 30.7 Å². The molecule has 0 unspecified atom stereocenters. The van der Waals surface area contributed by atoms with Crippen molar-refractivity contribution < 1.29 is 4.39 Å². The van der Waals surface area contributed by atoms with Crippen LogP contribution in [0.15, 0.2) is 96.6 Å². The number of rotatable bonds is 0. The molecule has 0 spiro atoms. The van der Waals surface area contributed by atoms with Crippen molar-refractivity contribution >= 4 is 28.9 Å². The van der Waals surface area contributed by atoms with Crippen molar-refractivity contribution in [3.8, 4) is 0 Å². The number of aromatic amines is 2. The molecular formula is C22H24Cl2FN11O2. The predicted molar refractivity (Wildman–Crippen MR) is 142 cm³/mol. The summed E-state index contributed by atoms with van der Waals surface area (Å²) in [5.74, 6) is -0.667. The molecule has 0 amide bonds. The van der Waals surface area contributed by atoms with Crippen LogP contribution in [-0.2, 0) is 0 Å². The van der Waals surface area contributed by atoms with E-state index in [4.69, 9.17) is 28.9 Å². The third-order valence-electron chi connectivity index (χ3n) is 2.98. The summed E-state index contributed by atoms with van der Waals surface area (Å²) in [7, 11) is 0. The van der Waals surface area contributed by atoms with Gasteiger partial charge in [-0.05, 0) is 12.1 Å². The second-order valence-corrected chi connectivity index (χ2v) is 6.33. The topological polar surface area (TPSA) is 195 Å². The maximum absolute atomic E-state index is 12.0. The molecule has 0 aliphatic heterocycles. The van der Waals surface area contributed by atoms with E-state index in [2.05, 4.69) is 49.8 Å². The lowest BCUT2D eigenvalue weighted by Gasteiger charge is -1.87. The fourth-order valence-electron chi connectivity index (χ4n) is 1.48. The Morgan fingerprint density at radius 3 is 1.68 bits per heavy atom.